The molecule has 0 atom stereocenters. The van der Waals surface area contributed by atoms with E-state index in [9.17, 15) is 4.79 Å². The van der Waals surface area contributed by atoms with Gasteiger partial charge in [0, 0.05) is 28.5 Å². The topological polar surface area (TPSA) is 65.8 Å². The minimum atomic E-state index is -0.0472. The molecule has 0 N–H and O–H groups in total. The first-order valence-corrected chi connectivity index (χ1v) is 4.41. The van der Waals surface area contributed by atoms with Crippen LogP contribution in [0.3, 0.4) is 0 Å². The van der Waals surface area contributed by atoms with E-state index in [-0.39, 0.29) is 18.7 Å². The van der Waals surface area contributed by atoms with Crippen LogP contribution < -0.4 is 0 Å². The molecule has 0 unspecified atom stereocenters. The van der Waals surface area contributed by atoms with E-state index in [1.165, 1.54) is 0 Å². The van der Waals surface area contributed by atoms with Crippen molar-refractivity contribution in [3.05, 3.63) is 45.3 Å². The number of rotatable bonds is 4. The molecule has 0 fully saturated rings. The third-order valence-corrected chi connectivity index (χ3v) is 1.92. The van der Waals surface area contributed by atoms with E-state index in [0.29, 0.717) is 10.6 Å². The Morgan fingerprint density at radius 3 is 2.64 bits per heavy atom. The number of ketones is 1. The lowest BCUT2D eigenvalue weighted by molar-refractivity contribution is 0.0985. The van der Waals surface area contributed by atoms with Gasteiger partial charge in [-0.3, -0.25) is 4.79 Å². The Kier molecular flexibility index (Phi) is 3.98. The summed E-state index contributed by atoms with van der Waals surface area (Å²) >= 11 is 5.67. The molecule has 0 aliphatic carbocycles. The van der Waals surface area contributed by atoms with Gasteiger partial charge in [0.2, 0.25) is 0 Å². The molecule has 4 nitrogen and oxygen atoms in total. The van der Waals surface area contributed by atoms with Gasteiger partial charge in [0.1, 0.15) is 0 Å². The first-order valence-electron chi connectivity index (χ1n) is 4.03. The zero-order chi connectivity index (χ0) is 10.4. The second-order valence-corrected chi connectivity index (χ2v) is 3.07. The molecule has 0 aliphatic heterocycles. The first kappa shape index (κ1) is 10.6. The maximum Gasteiger partial charge on any atom is 0.163 e. The van der Waals surface area contributed by atoms with E-state index in [1.54, 1.807) is 24.3 Å². The zero-order valence-corrected chi connectivity index (χ0v) is 8.11. The summed E-state index contributed by atoms with van der Waals surface area (Å²) in [6.45, 7) is 0.192. The van der Waals surface area contributed by atoms with E-state index in [2.05, 4.69) is 10.0 Å². The lowest BCUT2D eigenvalue weighted by Gasteiger charge is -1.97. The van der Waals surface area contributed by atoms with Gasteiger partial charge in [-0.15, -0.1) is 0 Å². The van der Waals surface area contributed by atoms with Crippen LogP contribution in [-0.2, 0) is 0 Å². The van der Waals surface area contributed by atoms with E-state index in [1.807, 2.05) is 0 Å². The van der Waals surface area contributed by atoms with Crippen molar-refractivity contribution in [2.45, 2.75) is 6.42 Å². The standard InChI is InChI=1S/C9H8ClN3O/c10-8-3-1-7(2-4-8)9(14)5-6-12-13-11/h1-4H,5-6H2. The molecule has 0 radical (unpaired) electrons. The molecule has 0 aromatic heterocycles. The molecular weight excluding hydrogens is 202 g/mol. The van der Waals surface area contributed by atoms with E-state index >= 15 is 0 Å². The molecule has 0 saturated carbocycles. The highest BCUT2D eigenvalue weighted by atomic mass is 35.5. The Balaban J connectivity index is 2.60. The molecule has 5 heteroatoms. The van der Waals surface area contributed by atoms with Gasteiger partial charge in [0.15, 0.2) is 5.78 Å². The number of halogens is 1. The maximum absolute atomic E-state index is 11.4. The highest BCUT2D eigenvalue weighted by Crippen LogP contribution is 2.10. The van der Waals surface area contributed by atoms with E-state index in [4.69, 9.17) is 17.1 Å². The van der Waals surface area contributed by atoms with Gasteiger partial charge in [0.25, 0.3) is 0 Å². The van der Waals surface area contributed by atoms with Crippen LogP contribution >= 0.6 is 11.6 Å². The second kappa shape index (κ2) is 5.27. The maximum atomic E-state index is 11.4. The van der Waals surface area contributed by atoms with Crippen LogP contribution in [-0.4, -0.2) is 12.3 Å². The largest absolute Gasteiger partial charge is 0.294 e. The van der Waals surface area contributed by atoms with Gasteiger partial charge in [-0.05, 0) is 29.8 Å². The van der Waals surface area contributed by atoms with Crippen LogP contribution in [0.1, 0.15) is 16.8 Å². The summed E-state index contributed by atoms with van der Waals surface area (Å²) in [4.78, 5) is 14.0. The summed E-state index contributed by atoms with van der Waals surface area (Å²) in [5.41, 5.74) is 8.60. The number of hydrogen-bond donors (Lipinski definition) is 0. The van der Waals surface area contributed by atoms with Gasteiger partial charge in [-0.25, -0.2) is 0 Å². The van der Waals surface area contributed by atoms with Crippen molar-refractivity contribution in [2.24, 2.45) is 5.11 Å². The fourth-order valence-corrected chi connectivity index (χ4v) is 1.10. The lowest BCUT2D eigenvalue weighted by atomic mass is 10.1. The number of Topliss-reactive ketones (excluding diaryl/α,β-unsaturated/α-hetero) is 1. The molecule has 1 rings (SSSR count). The Bertz CT molecular complexity index is 368. The molecular formula is C9H8ClN3O. The number of carbonyl (C=O) groups excluding carboxylic acids is 1. The van der Waals surface area contributed by atoms with Crippen LogP contribution in [0.25, 0.3) is 10.4 Å². The zero-order valence-electron chi connectivity index (χ0n) is 7.35. The van der Waals surface area contributed by atoms with Gasteiger partial charge < -0.3 is 0 Å². The smallest absolute Gasteiger partial charge is 0.163 e. The Morgan fingerprint density at radius 1 is 1.43 bits per heavy atom. The highest BCUT2D eigenvalue weighted by molar-refractivity contribution is 6.30. The number of azide groups is 1. The third kappa shape index (κ3) is 3.09. The SMILES string of the molecule is [N-]=[N+]=NCCC(=O)c1ccc(Cl)cc1. The average Bonchev–Trinajstić information content (AvgIpc) is 2.19. The van der Waals surface area contributed by atoms with Crippen LogP contribution in [0, 0.1) is 0 Å². The molecule has 0 amide bonds. The van der Waals surface area contributed by atoms with Crippen molar-refractivity contribution in [2.75, 3.05) is 6.54 Å². The highest BCUT2D eigenvalue weighted by Gasteiger charge is 2.03. The molecule has 0 aliphatic rings. The van der Waals surface area contributed by atoms with Crippen molar-refractivity contribution >= 4 is 17.4 Å². The minimum Gasteiger partial charge on any atom is -0.294 e. The normalized spacial score (nSPS) is 9.21. The Labute approximate surface area is 86.1 Å². The van der Waals surface area contributed by atoms with Gasteiger partial charge in [-0.1, -0.05) is 16.7 Å². The number of carbonyl (C=O) groups is 1. The van der Waals surface area contributed by atoms with E-state index in [0.717, 1.165) is 0 Å². The van der Waals surface area contributed by atoms with Crippen LogP contribution in [0.4, 0.5) is 0 Å². The second-order valence-electron chi connectivity index (χ2n) is 2.63. The van der Waals surface area contributed by atoms with Gasteiger partial charge in [0.05, 0.1) is 0 Å². The number of nitrogens with zero attached hydrogens (tertiary/aromatic N) is 3. The summed E-state index contributed by atoms with van der Waals surface area (Å²) in [5.74, 6) is -0.0472. The van der Waals surface area contributed by atoms with Crippen LogP contribution in [0.15, 0.2) is 29.4 Å². The summed E-state index contributed by atoms with van der Waals surface area (Å²) < 4.78 is 0. The monoisotopic (exact) mass is 209 g/mol. The van der Waals surface area contributed by atoms with Gasteiger partial charge in [-0.2, -0.15) is 0 Å². The number of hydrogen-bond acceptors (Lipinski definition) is 2. The predicted octanol–water partition coefficient (Wildman–Crippen LogP) is 3.22. The molecule has 0 heterocycles. The van der Waals surface area contributed by atoms with Crippen molar-refractivity contribution in [3.8, 4) is 0 Å². The van der Waals surface area contributed by atoms with Crippen molar-refractivity contribution in [1.29, 1.82) is 0 Å². The summed E-state index contributed by atoms with van der Waals surface area (Å²) in [5, 5.41) is 3.88. The number of benzene rings is 1. The first-order chi connectivity index (χ1) is 6.74. The average molecular weight is 210 g/mol. The summed E-state index contributed by atoms with van der Waals surface area (Å²) in [6, 6.07) is 6.62. The third-order valence-electron chi connectivity index (χ3n) is 1.67. The molecule has 14 heavy (non-hydrogen) atoms. The summed E-state index contributed by atoms with van der Waals surface area (Å²) in [7, 11) is 0. The lowest BCUT2D eigenvalue weighted by Crippen LogP contribution is -2.00. The molecule has 1 aromatic rings. The van der Waals surface area contributed by atoms with Crippen molar-refractivity contribution in [3.63, 3.8) is 0 Å². The van der Waals surface area contributed by atoms with Crippen LogP contribution in [0.2, 0.25) is 5.02 Å². The Morgan fingerprint density at radius 2 is 2.07 bits per heavy atom. The molecule has 0 spiro atoms. The van der Waals surface area contributed by atoms with E-state index < -0.39 is 0 Å². The molecule has 0 saturated heterocycles. The minimum absolute atomic E-state index is 0.0472. The molecule has 72 valence electrons. The predicted molar refractivity (Wildman–Crippen MR) is 54.4 cm³/mol. The van der Waals surface area contributed by atoms with Crippen molar-refractivity contribution in [1.82, 2.24) is 0 Å². The molecule has 0 bridgehead atoms. The molecule has 1 aromatic carbocycles. The van der Waals surface area contributed by atoms with Crippen molar-refractivity contribution < 1.29 is 4.79 Å². The van der Waals surface area contributed by atoms with Gasteiger partial charge >= 0.3 is 0 Å². The Hall–Kier alpha value is -1.51. The fourth-order valence-electron chi connectivity index (χ4n) is 0.976. The fraction of sp³-hybridized carbons (Fsp3) is 0.222. The quantitative estimate of drug-likeness (QED) is 0.325. The van der Waals surface area contributed by atoms with Crippen LogP contribution in [0.5, 0.6) is 0 Å². The summed E-state index contributed by atoms with van der Waals surface area (Å²) in [6.07, 6.45) is 0.228.